The smallest absolute Gasteiger partial charge is 0.267 e. The van der Waals surface area contributed by atoms with Gasteiger partial charge in [0.15, 0.2) is 11.5 Å². The second kappa shape index (κ2) is 8.04. The summed E-state index contributed by atoms with van der Waals surface area (Å²) in [4.78, 5) is 14.6. The van der Waals surface area contributed by atoms with E-state index < -0.39 is 21.7 Å². The lowest BCUT2D eigenvalue weighted by Crippen LogP contribution is -2.58. The Labute approximate surface area is 159 Å². The summed E-state index contributed by atoms with van der Waals surface area (Å²) in [6, 6.07) is 7.26. The van der Waals surface area contributed by atoms with Gasteiger partial charge in [-0.25, -0.2) is 13.1 Å². The lowest BCUT2D eigenvalue weighted by molar-refractivity contribution is -0.143. The van der Waals surface area contributed by atoms with Gasteiger partial charge in [-0.15, -0.1) is 0 Å². The van der Waals surface area contributed by atoms with Crippen molar-refractivity contribution in [2.24, 2.45) is 0 Å². The number of hydrogen-bond donors (Lipinski definition) is 1. The number of carbonyl (C=O) groups is 1. The molecule has 2 aliphatic rings. The molecule has 1 atom stereocenters. The summed E-state index contributed by atoms with van der Waals surface area (Å²) in [7, 11) is -1.77. The number of nitrogens with zero attached hydrogens (tertiary/aromatic N) is 1. The van der Waals surface area contributed by atoms with Crippen molar-refractivity contribution < 1.29 is 27.4 Å². The SMILES string of the molecule is COCCC1(NS(C)(=O)=O)CCN(C(=O)C2COc3ccccc3O2)CC1. The highest BCUT2D eigenvalue weighted by Crippen LogP contribution is 2.32. The predicted octanol–water partition coefficient (Wildman–Crippen LogP) is 0.773. The number of piperidine rings is 1. The summed E-state index contributed by atoms with van der Waals surface area (Å²) in [6.45, 7) is 1.52. The molecule has 2 heterocycles. The molecule has 0 radical (unpaired) electrons. The van der Waals surface area contributed by atoms with Gasteiger partial charge in [0.1, 0.15) is 6.61 Å². The Morgan fingerprint density at radius 1 is 1.30 bits per heavy atom. The molecule has 1 fully saturated rings. The lowest BCUT2D eigenvalue weighted by atomic mass is 9.85. The molecule has 0 aliphatic carbocycles. The molecule has 3 rings (SSSR count). The Kier molecular flexibility index (Phi) is 5.92. The van der Waals surface area contributed by atoms with Gasteiger partial charge in [-0.2, -0.15) is 0 Å². The predicted molar refractivity (Wildman–Crippen MR) is 99.4 cm³/mol. The van der Waals surface area contributed by atoms with Crippen LogP contribution in [0.1, 0.15) is 19.3 Å². The van der Waals surface area contributed by atoms with Crippen LogP contribution < -0.4 is 14.2 Å². The van der Waals surface area contributed by atoms with Gasteiger partial charge < -0.3 is 19.1 Å². The number of benzene rings is 1. The normalized spacial score (nSPS) is 21.7. The van der Waals surface area contributed by atoms with Gasteiger partial charge in [-0.05, 0) is 31.4 Å². The second-order valence-corrected chi connectivity index (χ2v) is 8.84. The van der Waals surface area contributed by atoms with Gasteiger partial charge in [0.25, 0.3) is 5.91 Å². The third-order valence-corrected chi connectivity index (χ3v) is 5.81. The van der Waals surface area contributed by atoms with E-state index >= 15 is 0 Å². The van der Waals surface area contributed by atoms with Crippen LogP contribution in [-0.2, 0) is 19.6 Å². The molecule has 0 bridgehead atoms. The molecular formula is C18H26N2O6S. The van der Waals surface area contributed by atoms with E-state index in [9.17, 15) is 13.2 Å². The third kappa shape index (κ3) is 4.91. The van der Waals surface area contributed by atoms with Crippen LogP contribution in [-0.4, -0.2) is 70.5 Å². The highest BCUT2D eigenvalue weighted by Gasteiger charge is 2.40. The molecule has 1 saturated heterocycles. The van der Waals surface area contributed by atoms with Crippen LogP contribution in [0.25, 0.3) is 0 Å². The molecule has 1 aromatic carbocycles. The summed E-state index contributed by atoms with van der Waals surface area (Å²) >= 11 is 0. The highest BCUT2D eigenvalue weighted by molar-refractivity contribution is 7.88. The summed E-state index contributed by atoms with van der Waals surface area (Å²) in [5, 5.41) is 0. The maximum absolute atomic E-state index is 12.8. The van der Waals surface area contributed by atoms with Crippen molar-refractivity contribution in [3.63, 3.8) is 0 Å². The number of para-hydroxylation sites is 2. The van der Waals surface area contributed by atoms with Crippen LogP contribution in [0.3, 0.4) is 0 Å². The minimum Gasteiger partial charge on any atom is -0.485 e. The van der Waals surface area contributed by atoms with Crippen LogP contribution in [0.2, 0.25) is 0 Å². The van der Waals surface area contributed by atoms with Crippen molar-refractivity contribution in [2.75, 3.05) is 39.7 Å². The number of carbonyl (C=O) groups excluding carboxylic acids is 1. The Morgan fingerprint density at radius 2 is 1.96 bits per heavy atom. The van der Waals surface area contributed by atoms with E-state index in [2.05, 4.69) is 4.72 Å². The maximum Gasteiger partial charge on any atom is 0.267 e. The molecule has 8 nitrogen and oxygen atoms in total. The molecule has 9 heteroatoms. The van der Waals surface area contributed by atoms with Gasteiger partial charge in [-0.1, -0.05) is 12.1 Å². The van der Waals surface area contributed by atoms with Crippen LogP contribution in [0, 0.1) is 0 Å². The van der Waals surface area contributed by atoms with E-state index in [1.54, 1.807) is 24.1 Å². The van der Waals surface area contributed by atoms with E-state index in [0.29, 0.717) is 50.5 Å². The fraction of sp³-hybridized carbons (Fsp3) is 0.611. The average Bonchev–Trinajstić information content (AvgIpc) is 2.65. The summed E-state index contributed by atoms with van der Waals surface area (Å²) in [5.74, 6) is 1.06. The van der Waals surface area contributed by atoms with Gasteiger partial charge in [0.05, 0.1) is 6.26 Å². The number of ether oxygens (including phenoxy) is 3. The van der Waals surface area contributed by atoms with Crippen molar-refractivity contribution in [3.05, 3.63) is 24.3 Å². The molecule has 1 amide bonds. The number of nitrogens with one attached hydrogen (secondary N) is 1. The van der Waals surface area contributed by atoms with Crippen molar-refractivity contribution in [1.29, 1.82) is 0 Å². The molecule has 2 aliphatic heterocycles. The molecular weight excluding hydrogens is 372 g/mol. The minimum atomic E-state index is -3.36. The number of hydrogen-bond acceptors (Lipinski definition) is 6. The fourth-order valence-electron chi connectivity index (χ4n) is 3.59. The summed E-state index contributed by atoms with van der Waals surface area (Å²) in [5.41, 5.74) is -0.586. The number of methoxy groups -OCH3 is 1. The second-order valence-electron chi connectivity index (χ2n) is 7.09. The molecule has 0 saturated carbocycles. The number of amides is 1. The van der Waals surface area contributed by atoms with E-state index in [1.807, 2.05) is 12.1 Å². The monoisotopic (exact) mass is 398 g/mol. The Hall–Kier alpha value is -1.84. The topological polar surface area (TPSA) is 94.2 Å². The quantitative estimate of drug-likeness (QED) is 0.761. The highest BCUT2D eigenvalue weighted by atomic mass is 32.2. The Balaban J connectivity index is 1.63. The number of rotatable bonds is 6. The van der Waals surface area contributed by atoms with Crippen LogP contribution in [0.4, 0.5) is 0 Å². The van der Waals surface area contributed by atoms with E-state index in [4.69, 9.17) is 14.2 Å². The van der Waals surface area contributed by atoms with Gasteiger partial charge >= 0.3 is 0 Å². The minimum absolute atomic E-state index is 0.135. The molecule has 1 unspecified atom stereocenters. The van der Waals surface area contributed by atoms with Crippen LogP contribution in [0.5, 0.6) is 11.5 Å². The maximum atomic E-state index is 12.8. The first kappa shape index (κ1) is 19.9. The molecule has 0 aromatic heterocycles. The molecule has 1 aromatic rings. The van der Waals surface area contributed by atoms with Gasteiger partial charge in [0.2, 0.25) is 16.1 Å². The number of sulfonamides is 1. The zero-order chi connectivity index (χ0) is 19.5. The number of likely N-dealkylation sites (tertiary alicyclic amines) is 1. The van der Waals surface area contributed by atoms with Gasteiger partial charge in [0, 0.05) is 32.3 Å². The number of fused-ring (bicyclic) bond motifs is 1. The van der Waals surface area contributed by atoms with Crippen molar-refractivity contribution >= 4 is 15.9 Å². The van der Waals surface area contributed by atoms with Crippen LogP contribution >= 0.6 is 0 Å². The Morgan fingerprint density at radius 3 is 2.59 bits per heavy atom. The Bertz CT molecular complexity index is 774. The summed E-state index contributed by atoms with van der Waals surface area (Å²) < 4.78 is 42.9. The van der Waals surface area contributed by atoms with E-state index in [-0.39, 0.29) is 12.5 Å². The lowest BCUT2D eigenvalue weighted by Gasteiger charge is -2.42. The standard InChI is InChI=1S/C18H26N2O6S/c1-24-12-9-18(19-27(2,22)23)7-10-20(11-8-18)17(21)16-13-25-14-5-3-4-6-15(14)26-16/h3-6,16,19H,7-13H2,1-2H3. The molecule has 0 spiro atoms. The first-order valence-corrected chi connectivity index (χ1v) is 10.9. The van der Waals surface area contributed by atoms with Crippen molar-refractivity contribution in [1.82, 2.24) is 9.62 Å². The first-order chi connectivity index (χ1) is 12.8. The third-order valence-electron chi connectivity index (χ3n) is 5.00. The first-order valence-electron chi connectivity index (χ1n) is 8.97. The van der Waals surface area contributed by atoms with Crippen LogP contribution in [0.15, 0.2) is 24.3 Å². The van der Waals surface area contributed by atoms with Crippen molar-refractivity contribution in [2.45, 2.75) is 30.9 Å². The summed E-state index contributed by atoms with van der Waals surface area (Å²) in [6.07, 6.45) is 2.09. The molecule has 1 N–H and O–H groups in total. The van der Waals surface area contributed by atoms with Crippen molar-refractivity contribution in [3.8, 4) is 11.5 Å². The zero-order valence-electron chi connectivity index (χ0n) is 15.6. The fourth-order valence-corrected chi connectivity index (χ4v) is 4.69. The van der Waals surface area contributed by atoms with E-state index in [1.165, 1.54) is 0 Å². The van der Waals surface area contributed by atoms with E-state index in [0.717, 1.165) is 6.26 Å². The molecule has 150 valence electrons. The van der Waals surface area contributed by atoms with Gasteiger partial charge in [-0.3, -0.25) is 4.79 Å². The molecule has 27 heavy (non-hydrogen) atoms. The average molecular weight is 398 g/mol. The largest absolute Gasteiger partial charge is 0.485 e. The zero-order valence-corrected chi connectivity index (χ0v) is 16.5.